The molecule has 0 spiro atoms. The zero-order valence-electron chi connectivity index (χ0n) is 15.4. The summed E-state index contributed by atoms with van der Waals surface area (Å²) in [6, 6.07) is 8.50. The number of hydrogen-bond acceptors (Lipinski definition) is 6. The molecular formula is C22H22O6. The van der Waals surface area contributed by atoms with Crippen molar-refractivity contribution in [1.29, 1.82) is 0 Å². The highest BCUT2D eigenvalue weighted by Gasteiger charge is 2.23. The SMILES string of the molecule is O=c1c(OC2CCCCCC2)c(-c2ccc(O)c(O)c2)oc2cc(O)ccc12. The van der Waals surface area contributed by atoms with E-state index >= 15 is 0 Å². The lowest BCUT2D eigenvalue weighted by atomic mass is 10.1. The summed E-state index contributed by atoms with van der Waals surface area (Å²) in [4.78, 5) is 13.2. The molecule has 1 fully saturated rings. The third-order valence-corrected chi connectivity index (χ3v) is 5.16. The van der Waals surface area contributed by atoms with E-state index in [0.717, 1.165) is 38.5 Å². The van der Waals surface area contributed by atoms with E-state index in [2.05, 4.69) is 0 Å². The van der Waals surface area contributed by atoms with Crippen molar-refractivity contribution in [3.05, 3.63) is 46.6 Å². The van der Waals surface area contributed by atoms with Gasteiger partial charge >= 0.3 is 0 Å². The van der Waals surface area contributed by atoms with Crippen molar-refractivity contribution in [3.63, 3.8) is 0 Å². The molecule has 28 heavy (non-hydrogen) atoms. The molecule has 1 saturated carbocycles. The van der Waals surface area contributed by atoms with Crippen LogP contribution >= 0.6 is 0 Å². The summed E-state index contributed by atoms with van der Waals surface area (Å²) in [5.41, 5.74) is 0.301. The summed E-state index contributed by atoms with van der Waals surface area (Å²) in [6.45, 7) is 0. The van der Waals surface area contributed by atoms with Crippen LogP contribution in [-0.2, 0) is 0 Å². The lowest BCUT2D eigenvalue weighted by Crippen LogP contribution is -2.20. The number of aromatic hydroxyl groups is 3. The van der Waals surface area contributed by atoms with Gasteiger partial charge < -0.3 is 24.5 Å². The van der Waals surface area contributed by atoms with Gasteiger partial charge in [-0.3, -0.25) is 4.79 Å². The number of rotatable bonds is 3. The van der Waals surface area contributed by atoms with E-state index in [0.29, 0.717) is 10.9 Å². The molecule has 3 aromatic rings. The maximum Gasteiger partial charge on any atom is 0.235 e. The number of benzene rings is 2. The first-order valence-corrected chi connectivity index (χ1v) is 9.52. The summed E-state index contributed by atoms with van der Waals surface area (Å²) in [5.74, 6) is -0.349. The van der Waals surface area contributed by atoms with Crippen molar-refractivity contribution >= 4 is 11.0 Å². The number of fused-ring (bicyclic) bond motifs is 1. The van der Waals surface area contributed by atoms with Crippen LogP contribution in [0.3, 0.4) is 0 Å². The second-order valence-corrected chi connectivity index (χ2v) is 7.20. The van der Waals surface area contributed by atoms with Crippen molar-refractivity contribution in [2.24, 2.45) is 0 Å². The van der Waals surface area contributed by atoms with Crippen molar-refractivity contribution in [2.45, 2.75) is 44.6 Å². The first-order chi connectivity index (χ1) is 13.5. The van der Waals surface area contributed by atoms with E-state index in [9.17, 15) is 20.1 Å². The lowest BCUT2D eigenvalue weighted by molar-refractivity contribution is 0.180. The van der Waals surface area contributed by atoms with E-state index in [4.69, 9.17) is 9.15 Å². The Hall–Kier alpha value is -3.15. The molecule has 6 nitrogen and oxygen atoms in total. The predicted octanol–water partition coefficient (Wildman–Crippen LogP) is 4.68. The van der Waals surface area contributed by atoms with Crippen molar-refractivity contribution < 1.29 is 24.5 Å². The van der Waals surface area contributed by atoms with E-state index in [-0.39, 0.29) is 45.9 Å². The molecule has 0 aliphatic heterocycles. The van der Waals surface area contributed by atoms with E-state index in [1.165, 1.54) is 30.3 Å². The maximum absolute atomic E-state index is 13.2. The number of ether oxygens (including phenoxy) is 1. The molecule has 0 unspecified atom stereocenters. The molecule has 1 aromatic heterocycles. The molecule has 0 saturated heterocycles. The standard InChI is InChI=1S/C22H22O6/c23-14-8-9-16-19(12-14)28-21(13-7-10-17(24)18(25)11-13)22(20(16)26)27-15-5-3-1-2-4-6-15/h7-12,15,23-25H,1-6H2. The highest BCUT2D eigenvalue weighted by atomic mass is 16.5. The van der Waals surface area contributed by atoms with Crippen LogP contribution in [0.5, 0.6) is 23.0 Å². The average molecular weight is 382 g/mol. The smallest absolute Gasteiger partial charge is 0.235 e. The van der Waals surface area contributed by atoms with Crippen LogP contribution in [0, 0.1) is 0 Å². The van der Waals surface area contributed by atoms with Gasteiger partial charge in [-0.05, 0) is 56.0 Å². The molecule has 2 aromatic carbocycles. The van der Waals surface area contributed by atoms with Crippen molar-refractivity contribution in [3.8, 4) is 34.3 Å². The largest absolute Gasteiger partial charge is 0.508 e. The first-order valence-electron chi connectivity index (χ1n) is 9.52. The summed E-state index contributed by atoms with van der Waals surface area (Å²) in [5, 5.41) is 29.6. The van der Waals surface area contributed by atoms with Gasteiger partial charge in [-0.25, -0.2) is 0 Å². The van der Waals surface area contributed by atoms with Crippen LogP contribution in [0.25, 0.3) is 22.3 Å². The molecule has 1 aliphatic rings. The van der Waals surface area contributed by atoms with Gasteiger partial charge in [0.25, 0.3) is 0 Å². The van der Waals surface area contributed by atoms with Gasteiger partial charge in [0.2, 0.25) is 11.2 Å². The molecule has 0 bridgehead atoms. The third-order valence-electron chi connectivity index (χ3n) is 5.16. The minimum atomic E-state index is -0.326. The Bertz CT molecular complexity index is 1060. The fourth-order valence-electron chi connectivity index (χ4n) is 3.65. The number of phenolic OH excluding ortho intramolecular Hbond substituents is 3. The second kappa shape index (κ2) is 7.46. The van der Waals surface area contributed by atoms with Crippen LogP contribution in [0.4, 0.5) is 0 Å². The Morgan fingerprint density at radius 1 is 0.893 bits per heavy atom. The summed E-state index contributed by atoms with van der Waals surface area (Å²) >= 11 is 0. The summed E-state index contributed by atoms with van der Waals surface area (Å²) in [7, 11) is 0. The molecule has 146 valence electrons. The molecule has 1 aliphatic carbocycles. The molecule has 3 N–H and O–H groups in total. The molecule has 0 radical (unpaired) electrons. The van der Waals surface area contributed by atoms with Gasteiger partial charge in [0.1, 0.15) is 11.3 Å². The van der Waals surface area contributed by atoms with Crippen LogP contribution in [-0.4, -0.2) is 21.4 Å². The lowest BCUT2D eigenvalue weighted by Gasteiger charge is -2.19. The second-order valence-electron chi connectivity index (χ2n) is 7.20. The van der Waals surface area contributed by atoms with Gasteiger partial charge in [0, 0.05) is 11.6 Å². The topological polar surface area (TPSA) is 100 Å². The zero-order valence-corrected chi connectivity index (χ0v) is 15.4. The van der Waals surface area contributed by atoms with Crippen molar-refractivity contribution in [2.75, 3.05) is 0 Å². The Balaban J connectivity index is 1.89. The molecule has 4 rings (SSSR count). The predicted molar refractivity (Wildman–Crippen MR) is 105 cm³/mol. The zero-order chi connectivity index (χ0) is 19.7. The minimum absolute atomic E-state index is 0.0208. The van der Waals surface area contributed by atoms with Crippen LogP contribution < -0.4 is 10.2 Å². The highest BCUT2D eigenvalue weighted by molar-refractivity contribution is 5.83. The molecular weight excluding hydrogens is 360 g/mol. The van der Waals surface area contributed by atoms with E-state index in [1.807, 2.05) is 0 Å². The van der Waals surface area contributed by atoms with Gasteiger partial charge in [0.05, 0.1) is 11.5 Å². The summed E-state index contributed by atoms with van der Waals surface area (Å²) < 4.78 is 12.1. The molecule has 6 heteroatoms. The van der Waals surface area contributed by atoms with E-state index < -0.39 is 0 Å². The summed E-state index contributed by atoms with van der Waals surface area (Å²) in [6.07, 6.45) is 6.07. The normalized spacial score (nSPS) is 15.4. The molecule has 0 amide bonds. The number of hydrogen-bond donors (Lipinski definition) is 3. The van der Waals surface area contributed by atoms with Crippen LogP contribution in [0.1, 0.15) is 38.5 Å². The number of phenols is 3. The Morgan fingerprint density at radius 2 is 1.64 bits per heavy atom. The Morgan fingerprint density at radius 3 is 2.36 bits per heavy atom. The van der Waals surface area contributed by atoms with Crippen molar-refractivity contribution in [1.82, 2.24) is 0 Å². The monoisotopic (exact) mass is 382 g/mol. The van der Waals surface area contributed by atoms with Gasteiger partial charge in [-0.1, -0.05) is 12.8 Å². The Labute approximate surface area is 161 Å². The van der Waals surface area contributed by atoms with Crippen LogP contribution in [0.2, 0.25) is 0 Å². The van der Waals surface area contributed by atoms with Gasteiger partial charge in [0.15, 0.2) is 17.3 Å². The molecule has 0 atom stereocenters. The molecule has 1 heterocycles. The quantitative estimate of drug-likeness (QED) is 0.449. The first kappa shape index (κ1) is 18.2. The highest BCUT2D eigenvalue weighted by Crippen LogP contribution is 2.37. The van der Waals surface area contributed by atoms with E-state index in [1.54, 1.807) is 6.07 Å². The third kappa shape index (κ3) is 3.50. The maximum atomic E-state index is 13.2. The van der Waals surface area contributed by atoms with Gasteiger partial charge in [-0.2, -0.15) is 0 Å². The Kier molecular flexibility index (Phi) is 4.86. The van der Waals surface area contributed by atoms with Crippen LogP contribution in [0.15, 0.2) is 45.6 Å². The minimum Gasteiger partial charge on any atom is -0.508 e. The van der Waals surface area contributed by atoms with Gasteiger partial charge in [-0.15, -0.1) is 0 Å². The fourth-order valence-corrected chi connectivity index (χ4v) is 3.65. The fraction of sp³-hybridized carbons (Fsp3) is 0.318. The average Bonchev–Trinajstić information content (AvgIpc) is 2.94.